The number of pyridine rings is 1. The number of nitrogens with one attached hydrogen (secondary N) is 1. The van der Waals surface area contributed by atoms with E-state index in [2.05, 4.69) is 10.3 Å². The Morgan fingerprint density at radius 1 is 1.53 bits per heavy atom. The Morgan fingerprint density at radius 3 is 3.24 bits per heavy atom. The molecule has 1 aliphatic rings. The van der Waals surface area contributed by atoms with Crippen molar-refractivity contribution in [3.05, 3.63) is 28.9 Å². The van der Waals surface area contributed by atoms with Gasteiger partial charge in [-0.1, -0.05) is 0 Å². The van der Waals surface area contributed by atoms with Gasteiger partial charge in [0.05, 0.1) is 0 Å². The summed E-state index contributed by atoms with van der Waals surface area (Å²) in [6.07, 6.45) is 5.17. The van der Waals surface area contributed by atoms with Crippen LogP contribution in [-0.2, 0) is 6.54 Å². The van der Waals surface area contributed by atoms with E-state index < -0.39 is 0 Å². The summed E-state index contributed by atoms with van der Waals surface area (Å²) in [5.41, 5.74) is 1.21. The fraction of sp³-hybridized carbons (Fsp3) is 0.500. The van der Waals surface area contributed by atoms with E-state index in [1.54, 1.807) is 22.9 Å². The number of oxazole rings is 1. The molecule has 0 spiro atoms. The normalized spacial score (nSPS) is 15.5. The molecule has 0 radical (unpaired) electrons. The second-order valence-electron chi connectivity index (χ2n) is 4.43. The van der Waals surface area contributed by atoms with Gasteiger partial charge in [0.1, 0.15) is 0 Å². The van der Waals surface area contributed by atoms with E-state index >= 15 is 0 Å². The Balaban J connectivity index is 1.70. The van der Waals surface area contributed by atoms with E-state index in [0.29, 0.717) is 23.8 Å². The Kier molecular flexibility index (Phi) is 2.68. The average molecular weight is 233 g/mol. The molecule has 0 atom stereocenters. The molecule has 1 saturated carbocycles. The largest absolute Gasteiger partial charge is 0.421 e. The minimum Gasteiger partial charge on any atom is -0.406 e. The maximum absolute atomic E-state index is 11.6. The molecular formula is C12H15N3O2. The second-order valence-corrected chi connectivity index (χ2v) is 4.43. The molecule has 1 N–H and O–H groups in total. The molecule has 1 fully saturated rings. The van der Waals surface area contributed by atoms with Gasteiger partial charge in [-0.25, -0.2) is 9.78 Å². The predicted octanol–water partition coefficient (Wildman–Crippen LogP) is 1.13. The van der Waals surface area contributed by atoms with Crippen LogP contribution in [0.2, 0.25) is 0 Å². The van der Waals surface area contributed by atoms with Gasteiger partial charge >= 0.3 is 5.76 Å². The molecule has 5 nitrogen and oxygen atoms in total. The molecule has 0 aromatic carbocycles. The lowest BCUT2D eigenvalue weighted by molar-refractivity contribution is 0.489. The van der Waals surface area contributed by atoms with Crippen molar-refractivity contribution in [1.82, 2.24) is 14.9 Å². The van der Waals surface area contributed by atoms with Crippen molar-refractivity contribution in [1.29, 1.82) is 0 Å². The van der Waals surface area contributed by atoms with Gasteiger partial charge in [0, 0.05) is 18.8 Å². The third-order valence-electron chi connectivity index (χ3n) is 2.99. The van der Waals surface area contributed by atoms with E-state index in [0.717, 1.165) is 13.0 Å². The molecule has 1 aliphatic carbocycles. The summed E-state index contributed by atoms with van der Waals surface area (Å²) < 4.78 is 6.72. The molecule has 2 aromatic heterocycles. The van der Waals surface area contributed by atoms with E-state index in [1.807, 2.05) is 0 Å². The molecule has 0 unspecified atom stereocenters. The fourth-order valence-corrected chi connectivity index (χ4v) is 1.93. The lowest BCUT2D eigenvalue weighted by atomic mass is 10.4. The summed E-state index contributed by atoms with van der Waals surface area (Å²) in [4.78, 5) is 15.8. The number of aromatic nitrogens is 2. The van der Waals surface area contributed by atoms with Crippen LogP contribution in [0.5, 0.6) is 0 Å². The number of nitrogens with zero attached hydrogens (tertiary/aromatic N) is 2. The summed E-state index contributed by atoms with van der Waals surface area (Å²) in [6.45, 7) is 1.60. The number of hydrogen-bond acceptors (Lipinski definition) is 4. The third kappa shape index (κ3) is 2.24. The maximum atomic E-state index is 11.6. The minimum absolute atomic E-state index is 0.315. The molecule has 5 heteroatoms. The van der Waals surface area contributed by atoms with Crippen molar-refractivity contribution in [3.8, 4) is 0 Å². The predicted molar refractivity (Wildman–Crippen MR) is 63.9 cm³/mol. The third-order valence-corrected chi connectivity index (χ3v) is 2.99. The zero-order valence-corrected chi connectivity index (χ0v) is 9.56. The maximum Gasteiger partial charge on any atom is 0.421 e. The minimum atomic E-state index is -0.315. The summed E-state index contributed by atoms with van der Waals surface area (Å²) in [7, 11) is 0. The monoisotopic (exact) mass is 233 g/mol. The van der Waals surface area contributed by atoms with Crippen molar-refractivity contribution < 1.29 is 4.42 Å². The summed E-state index contributed by atoms with van der Waals surface area (Å²) in [6, 6.07) is 4.25. The molecule has 0 bridgehead atoms. The van der Waals surface area contributed by atoms with E-state index in [4.69, 9.17) is 4.42 Å². The van der Waals surface area contributed by atoms with Crippen LogP contribution < -0.4 is 11.1 Å². The van der Waals surface area contributed by atoms with Crippen molar-refractivity contribution in [3.63, 3.8) is 0 Å². The summed E-state index contributed by atoms with van der Waals surface area (Å²) in [5, 5.41) is 3.42. The van der Waals surface area contributed by atoms with Gasteiger partial charge in [0.2, 0.25) is 0 Å². The first-order valence-corrected chi connectivity index (χ1v) is 6.02. The second kappa shape index (κ2) is 4.33. The first-order chi connectivity index (χ1) is 8.34. The van der Waals surface area contributed by atoms with Crippen LogP contribution in [0.1, 0.15) is 19.3 Å². The van der Waals surface area contributed by atoms with Crippen LogP contribution in [0.25, 0.3) is 11.2 Å². The lowest BCUT2D eigenvalue weighted by Gasteiger charge is -2.02. The quantitative estimate of drug-likeness (QED) is 0.786. The lowest BCUT2D eigenvalue weighted by Crippen LogP contribution is -2.21. The van der Waals surface area contributed by atoms with Crippen molar-refractivity contribution in [2.75, 3.05) is 6.54 Å². The van der Waals surface area contributed by atoms with Gasteiger partial charge in [0.25, 0.3) is 0 Å². The first kappa shape index (κ1) is 10.5. The smallest absolute Gasteiger partial charge is 0.406 e. The SMILES string of the molecule is O=c1oc2cccnc2n1CCCNC1CC1. The highest BCUT2D eigenvalue weighted by Gasteiger charge is 2.19. The number of fused-ring (bicyclic) bond motifs is 1. The van der Waals surface area contributed by atoms with Gasteiger partial charge in [-0.05, 0) is 37.9 Å². The highest BCUT2D eigenvalue weighted by atomic mass is 16.4. The zero-order chi connectivity index (χ0) is 11.7. The molecule has 0 saturated heterocycles. The highest BCUT2D eigenvalue weighted by molar-refractivity contribution is 5.67. The van der Waals surface area contributed by atoms with Gasteiger partial charge in [0.15, 0.2) is 11.2 Å². The Bertz CT molecular complexity index is 568. The zero-order valence-electron chi connectivity index (χ0n) is 9.56. The molecule has 2 aromatic rings. The molecule has 90 valence electrons. The summed E-state index contributed by atoms with van der Waals surface area (Å²) in [5.74, 6) is -0.315. The van der Waals surface area contributed by atoms with Crippen molar-refractivity contribution in [2.24, 2.45) is 0 Å². The van der Waals surface area contributed by atoms with Crippen LogP contribution in [-0.4, -0.2) is 22.1 Å². The van der Waals surface area contributed by atoms with E-state index in [-0.39, 0.29) is 5.76 Å². The number of aryl methyl sites for hydroxylation is 1. The van der Waals surface area contributed by atoms with Gasteiger partial charge < -0.3 is 9.73 Å². The number of hydrogen-bond donors (Lipinski definition) is 1. The fourth-order valence-electron chi connectivity index (χ4n) is 1.93. The molecule has 3 rings (SSSR count). The Morgan fingerprint density at radius 2 is 2.41 bits per heavy atom. The van der Waals surface area contributed by atoms with Crippen LogP contribution in [0, 0.1) is 0 Å². The van der Waals surface area contributed by atoms with Crippen LogP contribution in [0.4, 0.5) is 0 Å². The van der Waals surface area contributed by atoms with Crippen LogP contribution in [0.15, 0.2) is 27.5 Å². The molecule has 2 heterocycles. The van der Waals surface area contributed by atoms with Gasteiger partial charge in [-0.15, -0.1) is 0 Å². The number of rotatable bonds is 5. The van der Waals surface area contributed by atoms with Gasteiger partial charge in [-0.2, -0.15) is 0 Å². The van der Waals surface area contributed by atoms with Crippen molar-refractivity contribution in [2.45, 2.75) is 31.8 Å². The van der Waals surface area contributed by atoms with Crippen LogP contribution in [0.3, 0.4) is 0 Å². The van der Waals surface area contributed by atoms with Gasteiger partial charge in [-0.3, -0.25) is 4.57 Å². The Hall–Kier alpha value is -1.62. The van der Waals surface area contributed by atoms with E-state index in [1.165, 1.54) is 12.8 Å². The van der Waals surface area contributed by atoms with Crippen molar-refractivity contribution >= 4 is 11.2 Å². The van der Waals surface area contributed by atoms with Crippen LogP contribution >= 0.6 is 0 Å². The molecular weight excluding hydrogens is 218 g/mol. The topological polar surface area (TPSA) is 60.1 Å². The van der Waals surface area contributed by atoms with E-state index in [9.17, 15) is 4.79 Å². The first-order valence-electron chi connectivity index (χ1n) is 6.02. The standard InChI is InChI=1S/C12H15N3O2/c16-12-15(8-2-7-13-9-4-5-9)11-10(17-12)3-1-6-14-11/h1,3,6,9,13H,2,4-5,7-8H2. The average Bonchev–Trinajstić information content (AvgIpc) is 3.09. The molecule has 0 aliphatic heterocycles. The molecule has 0 amide bonds. The molecule has 17 heavy (non-hydrogen) atoms. The highest BCUT2D eigenvalue weighted by Crippen LogP contribution is 2.18. The Labute approximate surface area is 98.5 Å². The summed E-state index contributed by atoms with van der Waals surface area (Å²) >= 11 is 0.